The second-order valence-electron chi connectivity index (χ2n) is 5.49. The third kappa shape index (κ3) is 2.20. The van der Waals surface area contributed by atoms with Crippen molar-refractivity contribution >= 4 is 39.8 Å². The summed E-state index contributed by atoms with van der Waals surface area (Å²) in [6.07, 6.45) is 0. The van der Waals surface area contributed by atoms with Crippen molar-refractivity contribution in [1.82, 2.24) is 9.97 Å². The molecule has 0 bridgehead atoms. The van der Waals surface area contributed by atoms with Crippen LogP contribution in [0.4, 0.5) is 17.3 Å². The molecule has 0 saturated heterocycles. The Bertz CT molecular complexity index is 937. The third-order valence-corrected chi connectivity index (χ3v) is 3.86. The van der Waals surface area contributed by atoms with Crippen molar-refractivity contribution in [2.45, 2.75) is 6.92 Å². The Morgan fingerprint density at radius 2 is 2.04 bits per heavy atom. The molecule has 0 fully saturated rings. The molecular formula is C17H15N5O. The number of rotatable bonds is 2. The lowest BCUT2D eigenvalue weighted by Crippen LogP contribution is -2.09. The van der Waals surface area contributed by atoms with Gasteiger partial charge in [-0.3, -0.25) is 4.79 Å². The summed E-state index contributed by atoms with van der Waals surface area (Å²) < 4.78 is 0. The average Bonchev–Trinajstić information content (AvgIpc) is 3.06. The number of H-pyrrole nitrogens is 1. The highest BCUT2D eigenvalue weighted by molar-refractivity contribution is 6.32. The van der Waals surface area contributed by atoms with Gasteiger partial charge >= 0.3 is 0 Å². The van der Waals surface area contributed by atoms with Gasteiger partial charge in [0.1, 0.15) is 0 Å². The number of para-hydroxylation sites is 2. The SMILES string of the molecule is CC(Nc1nc2ccccc2[nH]1)=C1C(=O)Nc2ccc(N)cc21. The first-order valence-corrected chi connectivity index (χ1v) is 7.26. The van der Waals surface area contributed by atoms with Crippen molar-refractivity contribution in [2.75, 3.05) is 16.4 Å². The quantitative estimate of drug-likeness (QED) is 0.432. The van der Waals surface area contributed by atoms with Crippen LogP contribution in [0.15, 0.2) is 48.2 Å². The van der Waals surface area contributed by atoms with Gasteiger partial charge < -0.3 is 21.4 Å². The minimum absolute atomic E-state index is 0.147. The lowest BCUT2D eigenvalue weighted by atomic mass is 10.0. The molecule has 0 radical (unpaired) electrons. The molecule has 0 aliphatic carbocycles. The predicted molar refractivity (Wildman–Crippen MR) is 91.8 cm³/mol. The van der Waals surface area contributed by atoms with Gasteiger partial charge in [-0.15, -0.1) is 0 Å². The van der Waals surface area contributed by atoms with Crippen molar-refractivity contribution in [3.05, 3.63) is 53.7 Å². The summed E-state index contributed by atoms with van der Waals surface area (Å²) in [6.45, 7) is 1.85. The first-order chi connectivity index (χ1) is 11.1. The van der Waals surface area contributed by atoms with Gasteiger partial charge in [-0.05, 0) is 37.3 Å². The smallest absolute Gasteiger partial charge is 0.258 e. The molecular weight excluding hydrogens is 290 g/mol. The molecule has 2 aromatic carbocycles. The van der Waals surface area contributed by atoms with Gasteiger partial charge in [-0.2, -0.15) is 0 Å². The minimum atomic E-state index is -0.147. The zero-order valence-electron chi connectivity index (χ0n) is 12.5. The number of nitrogen functional groups attached to an aromatic ring is 1. The third-order valence-electron chi connectivity index (χ3n) is 3.86. The first-order valence-electron chi connectivity index (χ1n) is 7.26. The Kier molecular flexibility index (Phi) is 2.84. The van der Waals surface area contributed by atoms with Gasteiger partial charge in [-0.1, -0.05) is 12.1 Å². The molecule has 23 heavy (non-hydrogen) atoms. The Labute approximate surface area is 132 Å². The molecule has 2 heterocycles. The van der Waals surface area contributed by atoms with E-state index in [4.69, 9.17) is 5.73 Å². The van der Waals surface area contributed by atoms with Crippen LogP contribution in [-0.4, -0.2) is 15.9 Å². The Hall–Kier alpha value is -3.28. The Balaban J connectivity index is 1.75. The normalized spacial score (nSPS) is 15.4. The van der Waals surface area contributed by atoms with E-state index in [-0.39, 0.29) is 5.91 Å². The summed E-state index contributed by atoms with van der Waals surface area (Å²) in [6, 6.07) is 13.1. The van der Waals surface area contributed by atoms with Gasteiger partial charge in [-0.25, -0.2) is 4.98 Å². The number of aromatic nitrogens is 2. The maximum absolute atomic E-state index is 12.3. The number of aromatic amines is 1. The van der Waals surface area contributed by atoms with E-state index in [1.807, 2.05) is 37.3 Å². The average molecular weight is 305 g/mol. The number of hydrogen-bond donors (Lipinski definition) is 4. The lowest BCUT2D eigenvalue weighted by molar-refractivity contribution is -0.110. The molecule has 1 aliphatic rings. The molecule has 0 atom stereocenters. The van der Waals surface area contributed by atoms with Gasteiger partial charge in [0.15, 0.2) is 0 Å². The highest BCUT2D eigenvalue weighted by atomic mass is 16.2. The van der Waals surface area contributed by atoms with E-state index in [2.05, 4.69) is 20.6 Å². The number of nitrogens with one attached hydrogen (secondary N) is 3. The molecule has 6 heteroatoms. The number of hydrogen-bond acceptors (Lipinski definition) is 4. The van der Waals surface area contributed by atoms with Crippen LogP contribution in [-0.2, 0) is 4.79 Å². The number of imidazole rings is 1. The molecule has 6 nitrogen and oxygen atoms in total. The summed E-state index contributed by atoms with van der Waals surface area (Å²) in [5.41, 5.74) is 11.1. The van der Waals surface area contributed by atoms with Crippen LogP contribution in [0.25, 0.3) is 16.6 Å². The second kappa shape index (κ2) is 4.88. The summed E-state index contributed by atoms with van der Waals surface area (Å²) in [7, 11) is 0. The van der Waals surface area contributed by atoms with Crippen LogP contribution in [0.5, 0.6) is 0 Å². The van der Waals surface area contributed by atoms with E-state index in [9.17, 15) is 4.79 Å². The highest BCUT2D eigenvalue weighted by Gasteiger charge is 2.26. The van der Waals surface area contributed by atoms with Crippen molar-refractivity contribution in [2.24, 2.45) is 0 Å². The summed E-state index contributed by atoms with van der Waals surface area (Å²) >= 11 is 0. The molecule has 114 valence electrons. The molecule has 5 N–H and O–H groups in total. The number of fused-ring (bicyclic) bond motifs is 2. The van der Waals surface area contributed by atoms with E-state index in [1.54, 1.807) is 12.1 Å². The highest BCUT2D eigenvalue weighted by Crippen LogP contribution is 2.35. The molecule has 0 spiro atoms. The zero-order chi connectivity index (χ0) is 16.0. The first kappa shape index (κ1) is 13.4. The Morgan fingerprint density at radius 3 is 2.87 bits per heavy atom. The predicted octanol–water partition coefficient (Wildman–Crippen LogP) is 2.94. The van der Waals surface area contributed by atoms with Crippen molar-refractivity contribution in [1.29, 1.82) is 0 Å². The largest absolute Gasteiger partial charge is 0.399 e. The van der Waals surface area contributed by atoms with E-state index in [0.717, 1.165) is 22.3 Å². The number of nitrogens with two attached hydrogens (primary N) is 1. The standard InChI is InChI=1S/C17H15N5O/c1-9(19-17-21-13-4-2-3-5-14(13)22-17)15-11-8-10(18)6-7-12(11)20-16(15)23/h2-8H,18H2,1H3,(H,20,23)(H2,19,21,22). The maximum atomic E-state index is 12.3. The monoisotopic (exact) mass is 305 g/mol. The number of allylic oxidation sites excluding steroid dienone is 1. The van der Waals surface area contributed by atoms with Gasteiger partial charge in [0, 0.05) is 22.6 Å². The number of nitrogens with zero attached hydrogens (tertiary/aromatic N) is 1. The minimum Gasteiger partial charge on any atom is -0.399 e. The molecule has 4 rings (SSSR count). The van der Waals surface area contributed by atoms with Crippen molar-refractivity contribution in [3.63, 3.8) is 0 Å². The summed E-state index contributed by atoms with van der Waals surface area (Å²) in [5, 5.41) is 6.02. The van der Waals surface area contributed by atoms with Crippen LogP contribution >= 0.6 is 0 Å². The van der Waals surface area contributed by atoms with Gasteiger partial charge in [0.2, 0.25) is 5.95 Å². The second-order valence-corrected chi connectivity index (χ2v) is 5.49. The molecule has 1 aliphatic heterocycles. The van der Waals surface area contributed by atoms with Crippen LogP contribution in [0.2, 0.25) is 0 Å². The van der Waals surface area contributed by atoms with Crippen molar-refractivity contribution < 1.29 is 4.79 Å². The van der Waals surface area contributed by atoms with Crippen LogP contribution in [0, 0.1) is 0 Å². The summed E-state index contributed by atoms with van der Waals surface area (Å²) in [4.78, 5) is 19.9. The number of carbonyl (C=O) groups excluding carboxylic acids is 1. The topological polar surface area (TPSA) is 95.8 Å². The maximum Gasteiger partial charge on any atom is 0.258 e. The number of benzene rings is 2. The summed E-state index contributed by atoms with van der Waals surface area (Å²) in [5.74, 6) is 0.452. The van der Waals surface area contributed by atoms with E-state index < -0.39 is 0 Å². The molecule has 1 amide bonds. The molecule has 1 aromatic heterocycles. The Morgan fingerprint density at radius 1 is 1.22 bits per heavy atom. The van der Waals surface area contributed by atoms with Gasteiger partial charge in [0.25, 0.3) is 5.91 Å². The number of amides is 1. The fourth-order valence-electron chi connectivity index (χ4n) is 2.81. The van der Waals surface area contributed by atoms with Crippen molar-refractivity contribution in [3.8, 4) is 0 Å². The van der Waals surface area contributed by atoms with E-state index >= 15 is 0 Å². The van der Waals surface area contributed by atoms with E-state index in [0.29, 0.717) is 22.9 Å². The molecule has 3 aromatic rings. The molecule has 0 saturated carbocycles. The van der Waals surface area contributed by atoms with Crippen LogP contribution in [0.3, 0.4) is 0 Å². The molecule has 0 unspecified atom stereocenters. The fourth-order valence-corrected chi connectivity index (χ4v) is 2.81. The number of anilines is 3. The zero-order valence-corrected chi connectivity index (χ0v) is 12.5. The number of carbonyl (C=O) groups is 1. The fraction of sp³-hybridized carbons (Fsp3) is 0.0588. The van der Waals surface area contributed by atoms with Gasteiger partial charge in [0.05, 0.1) is 16.6 Å². The van der Waals surface area contributed by atoms with E-state index in [1.165, 1.54) is 0 Å². The van der Waals surface area contributed by atoms with Crippen LogP contribution in [0.1, 0.15) is 12.5 Å². The lowest BCUT2D eigenvalue weighted by Gasteiger charge is -2.07. The van der Waals surface area contributed by atoms with Crippen LogP contribution < -0.4 is 16.4 Å².